The van der Waals surface area contributed by atoms with Gasteiger partial charge in [-0.25, -0.2) is 0 Å². The van der Waals surface area contributed by atoms with Crippen LogP contribution in [0.5, 0.6) is 0 Å². The molecule has 2 amide bonds. The van der Waals surface area contributed by atoms with Crippen LogP contribution < -0.4 is 4.72 Å². The fraction of sp³-hybridized carbons (Fsp3) is 0.619. The summed E-state index contributed by atoms with van der Waals surface area (Å²) in [7, 11) is 0. The van der Waals surface area contributed by atoms with E-state index in [9.17, 15) is 9.59 Å². The molecule has 1 saturated carbocycles. The molecule has 0 aromatic heterocycles. The van der Waals surface area contributed by atoms with E-state index < -0.39 is 0 Å². The molecule has 0 spiro atoms. The third-order valence-electron chi connectivity index (χ3n) is 5.13. The summed E-state index contributed by atoms with van der Waals surface area (Å²) in [6.45, 7) is 5.05. The Morgan fingerprint density at radius 2 is 1.93 bits per heavy atom. The maximum Gasteiger partial charge on any atom is 0.230 e. The van der Waals surface area contributed by atoms with Crippen molar-refractivity contribution in [3.63, 3.8) is 0 Å². The first-order chi connectivity index (χ1) is 13.4. The number of hydrogen-bond acceptors (Lipinski definition) is 4. The number of likely N-dealkylation sites (tertiary alicyclic amines) is 1. The zero-order valence-electron chi connectivity index (χ0n) is 16.5. The molecule has 28 heavy (non-hydrogen) atoms. The highest BCUT2D eigenvalue weighted by molar-refractivity contribution is 7.99. The summed E-state index contributed by atoms with van der Waals surface area (Å²) < 4.78 is 2.92. The second-order valence-corrected chi connectivity index (χ2v) is 11.1. The number of piperidine rings is 1. The molecule has 2 atom stereocenters. The molecule has 1 heterocycles. The maximum atomic E-state index is 13.2. The summed E-state index contributed by atoms with van der Waals surface area (Å²) in [6, 6.07) is 7.87. The average molecular weight is 441 g/mol. The van der Waals surface area contributed by atoms with Crippen molar-refractivity contribution in [1.29, 1.82) is 0 Å². The Morgan fingerprint density at radius 1 is 1.21 bits per heavy atom. The van der Waals surface area contributed by atoms with Crippen molar-refractivity contribution in [2.75, 3.05) is 12.3 Å². The molecule has 1 aromatic rings. The van der Waals surface area contributed by atoms with Gasteiger partial charge in [-0.15, -0.1) is 0 Å². The smallest absolute Gasteiger partial charge is 0.230 e. The SMILES string of the molecule is CC(C)SCCN1C(=O)C(CC(=O)NSC2CC2)CCC1c1ccc(Cl)cc1. The van der Waals surface area contributed by atoms with Crippen LogP contribution in [0.25, 0.3) is 0 Å². The normalized spacial score (nSPS) is 22.6. The van der Waals surface area contributed by atoms with Crippen molar-refractivity contribution in [3.05, 3.63) is 34.9 Å². The second-order valence-electron chi connectivity index (χ2n) is 7.84. The lowest BCUT2D eigenvalue weighted by atomic mass is 9.86. The largest absolute Gasteiger partial charge is 0.335 e. The summed E-state index contributed by atoms with van der Waals surface area (Å²) in [5.41, 5.74) is 1.12. The summed E-state index contributed by atoms with van der Waals surface area (Å²) in [4.78, 5) is 27.5. The van der Waals surface area contributed by atoms with Gasteiger partial charge in [-0.2, -0.15) is 11.8 Å². The predicted octanol–water partition coefficient (Wildman–Crippen LogP) is 5.08. The van der Waals surface area contributed by atoms with Gasteiger partial charge >= 0.3 is 0 Å². The van der Waals surface area contributed by atoms with Gasteiger partial charge in [0, 0.05) is 34.9 Å². The first kappa shape index (κ1) is 21.8. The minimum absolute atomic E-state index is 0.0169. The summed E-state index contributed by atoms with van der Waals surface area (Å²) in [5, 5.41) is 1.82. The van der Waals surface area contributed by atoms with Crippen LogP contribution in [0.3, 0.4) is 0 Å². The molecular formula is C21H29ClN2O2S2. The molecule has 154 valence electrons. The van der Waals surface area contributed by atoms with E-state index in [0.29, 0.717) is 28.5 Å². The molecule has 0 bridgehead atoms. The van der Waals surface area contributed by atoms with Crippen molar-refractivity contribution in [3.8, 4) is 0 Å². The standard InChI is InChI=1S/C21H29ClN2O2S2/c1-14(2)27-12-11-24-19(15-3-6-17(22)7-4-15)10-5-16(21(24)26)13-20(25)23-28-18-8-9-18/h3-4,6-7,14,16,18-19H,5,8-13H2,1-2H3,(H,23,25). The summed E-state index contributed by atoms with van der Waals surface area (Å²) in [6.07, 6.45) is 4.28. The van der Waals surface area contributed by atoms with Crippen LogP contribution in [0.4, 0.5) is 0 Å². The summed E-state index contributed by atoms with van der Waals surface area (Å²) >= 11 is 9.42. The minimum atomic E-state index is -0.215. The van der Waals surface area contributed by atoms with Crippen LogP contribution in [-0.2, 0) is 9.59 Å². The second kappa shape index (κ2) is 10.3. The first-order valence-corrected chi connectivity index (χ1v) is 12.4. The predicted molar refractivity (Wildman–Crippen MR) is 120 cm³/mol. The zero-order chi connectivity index (χ0) is 20.1. The Hall–Kier alpha value is -0.850. The van der Waals surface area contributed by atoms with E-state index >= 15 is 0 Å². The Kier molecular flexibility index (Phi) is 8.01. The molecule has 3 rings (SSSR count). The molecule has 0 radical (unpaired) electrons. The Bertz CT molecular complexity index is 679. The van der Waals surface area contributed by atoms with Gasteiger partial charge in [0.2, 0.25) is 11.8 Å². The number of nitrogens with one attached hydrogen (secondary N) is 1. The molecule has 7 heteroatoms. The van der Waals surface area contributed by atoms with Gasteiger partial charge in [0.1, 0.15) is 0 Å². The first-order valence-electron chi connectivity index (χ1n) is 10.1. The van der Waals surface area contributed by atoms with E-state index in [1.54, 1.807) is 0 Å². The highest BCUT2D eigenvalue weighted by Crippen LogP contribution is 2.37. The van der Waals surface area contributed by atoms with Crippen molar-refractivity contribution < 1.29 is 9.59 Å². The highest BCUT2D eigenvalue weighted by Gasteiger charge is 2.37. The van der Waals surface area contributed by atoms with Gasteiger partial charge in [-0.1, -0.05) is 37.6 Å². The molecular weight excluding hydrogens is 412 g/mol. The lowest BCUT2D eigenvalue weighted by molar-refractivity contribution is -0.144. The fourth-order valence-corrected chi connectivity index (χ4v) is 5.15. The lowest BCUT2D eigenvalue weighted by Gasteiger charge is -2.39. The van der Waals surface area contributed by atoms with Crippen LogP contribution in [0.2, 0.25) is 5.02 Å². The Labute approximate surface area is 181 Å². The van der Waals surface area contributed by atoms with Gasteiger partial charge < -0.3 is 4.90 Å². The van der Waals surface area contributed by atoms with Crippen molar-refractivity contribution in [2.24, 2.45) is 5.92 Å². The zero-order valence-corrected chi connectivity index (χ0v) is 18.9. The Morgan fingerprint density at radius 3 is 2.57 bits per heavy atom. The Balaban J connectivity index is 1.65. The van der Waals surface area contributed by atoms with E-state index in [1.807, 2.05) is 40.9 Å². The van der Waals surface area contributed by atoms with E-state index in [0.717, 1.165) is 24.2 Å². The third-order valence-corrected chi connectivity index (χ3v) is 7.62. The van der Waals surface area contributed by atoms with Crippen molar-refractivity contribution in [2.45, 2.75) is 62.5 Å². The fourth-order valence-electron chi connectivity index (χ4n) is 3.50. The molecule has 4 nitrogen and oxygen atoms in total. The average Bonchev–Trinajstić information content (AvgIpc) is 3.48. The van der Waals surface area contributed by atoms with Gasteiger partial charge in [0.25, 0.3) is 0 Å². The number of hydrogen-bond donors (Lipinski definition) is 1. The number of rotatable bonds is 9. The molecule has 1 saturated heterocycles. The molecule has 2 fully saturated rings. The maximum absolute atomic E-state index is 13.2. The van der Waals surface area contributed by atoms with Crippen LogP contribution in [0.1, 0.15) is 57.6 Å². The number of carbonyl (C=O) groups is 2. The van der Waals surface area contributed by atoms with Gasteiger partial charge in [-0.05, 0) is 60.6 Å². The van der Waals surface area contributed by atoms with Crippen molar-refractivity contribution >= 4 is 47.1 Å². The van der Waals surface area contributed by atoms with Gasteiger partial charge in [0.15, 0.2) is 0 Å². The van der Waals surface area contributed by atoms with E-state index in [2.05, 4.69) is 18.6 Å². The quantitative estimate of drug-likeness (QED) is 0.544. The number of amides is 2. The van der Waals surface area contributed by atoms with Crippen LogP contribution >= 0.6 is 35.3 Å². The van der Waals surface area contributed by atoms with Crippen LogP contribution in [0.15, 0.2) is 24.3 Å². The molecule has 2 unspecified atom stereocenters. The number of carbonyl (C=O) groups excluding carboxylic acids is 2. The molecule has 1 N–H and O–H groups in total. The number of thioether (sulfide) groups is 1. The lowest BCUT2D eigenvalue weighted by Crippen LogP contribution is -2.45. The van der Waals surface area contributed by atoms with Crippen LogP contribution in [-0.4, -0.2) is 39.5 Å². The third kappa shape index (κ3) is 6.33. The van der Waals surface area contributed by atoms with Gasteiger partial charge in [-0.3, -0.25) is 14.3 Å². The topological polar surface area (TPSA) is 49.4 Å². The minimum Gasteiger partial charge on any atom is -0.335 e. The number of benzene rings is 1. The molecule has 1 aliphatic heterocycles. The number of halogens is 1. The highest BCUT2D eigenvalue weighted by atomic mass is 35.5. The molecule has 2 aliphatic rings. The van der Waals surface area contributed by atoms with E-state index in [1.165, 1.54) is 24.8 Å². The summed E-state index contributed by atoms with van der Waals surface area (Å²) in [5.74, 6) is 0.787. The van der Waals surface area contributed by atoms with Crippen molar-refractivity contribution in [1.82, 2.24) is 9.62 Å². The number of nitrogens with zero attached hydrogens (tertiary/aromatic N) is 1. The van der Waals surface area contributed by atoms with E-state index in [4.69, 9.17) is 11.6 Å². The molecule has 1 aliphatic carbocycles. The van der Waals surface area contributed by atoms with Crippen LogP contribution in [0, 0.1) is 5.92 Å². The molecule has 1 aromatic carbocycles. The monoisotopic (exact) mass is 440 g/mol. The van der Waals surface area contributed by atoms with Gasteiger partial charge in [0.05, 0.1) is 6.04 Å². The van der Waals surface area contributed by atoms with E-state index in [-0.39, 0.29) is 23.8 Å².